The highest BCUT2D eigenvalue weighted by molar-refractivity contribution is 7.09. The number of benzene rings is 2. The van der Waals surface area contributed by atoms with Crippen LogP contribution in [0.2, 0.25) is 10.0 Å². The van der Waals surface area contributed by atoms with Gasteiger partial charge in [0.05, 0.1) is 10.0 Å². The van der Waals surface area contributed by atoms with Gasteiger partial charge in [0.15, 0.2) is 5.69 Å². The van der Waals surface area contributed by atoms with Crippen molar-refractivity contribution in [1.82, 2.24) is 4.98 Å². The summed E-state index contributed by atoms with van der Waals surface area (Å²) in [5, 5.41) is 11.9. The summed E-state index contributed by atoms with van der Waals surface area (Å²) in [6, 6.07) is 9.26. The standard InChI is InChI=1S/C18H12Cl2FNO3S/c19-12-2-4-16(25-8-10-1-3-13(21)7-14(10)20)11(5-12)6-17-22-15(9-26-17)18(23)24/h1-5,7,9H,6,8H2,(H,23,24). The van der Waals surface area contributed by atoms with E-state index in [2.05, 4.69) is 4.98 Å². The quantitative estimate of drug-likeness (QED) is 0.585. The molecule has 0 saturated carbocycles. The van der Waals surface area contributed by atoms with Crippen LogP contribution in [0.5, 0.6) is 5.75 Å². The average Bonchev–Trinajstić information content (AvgIpc) is 3.04. The summed E-state index contributed by atoms with van der Waals surface area (Å²) in [7, 11) is 0. The predicted molar refractivity (Wildman–Crippen MR) is 99.1 cm³/mol. The average molecular weight is 412 g/mol. The largest absolute Gasteiger partial charge is 0.489 e. The van der Waals surface area contributed by atoms with Gasteiger partial charge in [0, 0.05) is 28.0 Å². The molecule has 0 radical (unpaired) electrons. The molecule has 0 unspecified atom stereocenters. The number of rotatable bonds is 6. The second-order valence-electron chi connectivity index (χ2n) is 5.38. The Bertz CT molecular complexity index is 961. The zero-order valence-electron chi connectivity index (χ0n) is 13.2. The van der Waals surface area contributed by atoms with Crippen molar-refractivity contribution in [3.05, 3.63) is 79.5 Å². The monoisotopic (exact) mass is 411 g/mol. The molecular formula is C18H12Cl2FNO3S. The summed E-state index contributed by atoms with van der Waals surface area (Å²) in [6.07, 6.45) is 0.380. The first kappa shape index (κ1) is 18.6. The highest BCUT2D eigenvalue weighted by Crippen LogP contribution is 2.28. The number of nitrogens with zero attached hydrogens (tertiary/aromatic N) is 1. The van der Waals surface area contributed by atoms with E-state index in [0.717, 1.165) is 5.56 Å². The first-order valence-corrected chi connectivity index (χ1v) is 9.09. The third-order valence-corrected chi connectivity index (χ3v) is 4.97. The summed E-state index contributed by atoms with van der Waals surface area (Å²) in [6.45, 7) is 0.159. The Kier molecular flexibility index (Phi) is 5.76. The van der Waals surface area contributed by atoms with Crippen LogP contribution in [0.4, 0.5) is 4.39 Å². The fraction of sp³-hybridized carbons (Fsp3) is 0.111. The summed E-state index contributed by atoms with van der Waals surface area (Å²) < 4.78 is 19.0. The lowest BCUT2D eigenvalue weighted by atomic mass is 10.1. The van der Waals surface area contributed by atoms with Crippen LogP contribution in [-0.4, -0.2) is 16.1 Å². The van der Waals surface area contributed by atoms with Gasteiger partial charge < -0.3 is 9.84 Å². The molecule has 3 aromatic rings. The van der Waals surface area contributed by atoms with E-state index in [-0.39, 0.29) is 17.3 Å². The van der Waals surface area contributed by atoms with Gasteiger partial charge in [-0.2, -0.15) is 0 Å². The molecule has 134 valence electrons. The molecule has 1 heterocycles. The van der Waals surface area contributed by atoms with Gasteiger partial charge in [-0.1, -0.05) is 29.3 Å². The second-order valence-corrected chi connectivity index (χ2v) is 7.17. The zero-order chi connectivity index (χ0) is 18.7. The molecule has 0 fully saturated rings. The van der Waals surface area contributed by atoms with Gasteiger partial charge in [0.25, 0.3) is 0 Å². The summed E-state index contributed by atoms with van der Waals surface area (Å²) in [5.74, 6) is -0.910. The number of carboxylic acid groups (broad SMARTS) is 1. The first-order chi connectivity index (χ1) is 12.4. The number of hydrogen-bond acceptors (Lipinski definition) is 4. The Morgan fingerprint density at radius 1 is 1.19 bits per heavy atom. The number of aromatic carboxylic acids is 1. The van der Waals surface area contributed by atoms with Gasteiger partial charge in [0.1, 0.15) is 18.2 Å². The third kappa shape index (κ3) is 4.52. The summed E-state index contributed by atoms with van der Waals surface area (Å²) in [4.78, 5) is 15.0. The molecular weight excluding hydrogens is 400 g/mol. The summed E-state index contributed by atoms with van der Waals surface area (Å²) in [5.41, 5.74) is 1.42. The van der Waals surface area contributed by atoms with Gasteiger partial charge >= 0.3 is 5.97 Å². The number of hydrogen-bond donors (Lipinski definition) is 1. The molecule has 4 nitrogen and oxygen atoms in total. The van der Waals surface area contributed by atoms with Gasteiger partial charge in [-0.3, -0.25) is 0 Å². The number of aromatic nitrogens is 1. The van der Waals surface area contributed by atoms with Crippen LogP contribution in [0.15, 0.2) is 41.8 Å². The fourth-order valence-corrected chi connectivity index (χ4v) is 3.48. The Hall–Kier alpha value is -2.15. The molecule has 0 amide bonds. The molecule has 0 bridgehead atoms. The highest BCUT2D eigenvalue weighted by Gasteiger charge is 2.13. The van der Waals surface area contributed by atoms with Crippen molar-refractivity contribution in [3.8, 4) is 5.75 Å². The van der Waals surface area contributed by atoms with E-state index in [1.165, 1.54) is 28.8 Å². The number of halogens is 3. The molecule has 0 saturated heterocycles. The van der Waals surface area contributed by atoms with Crippen LogP contribution in [0.25, 0.3) is 0 Å². The fourth-order valence-electron chi connectivity index (χ4n) is 2.27. The minimum absolute atomic E-state index is 0.00703. The molecule has 3 rings (SSSR count). The molecule has 2 aromatic carbocycles. The normalized spacial score (nSPS) is 10.7. The Morgan fingerprint density at radius 3 is 2.69 bits per heavy atom. The maximum atomic E-state index is 13.1. The maximum absolute atomic E-state index is 13.1. The second kappa shape index (κ2) is 8.03. The van der Waals surface area contributed by atoms with Gasteiger partial charge in [-0.25, -0.2) is 14.2 Å². The van der Waals surface area contributed by atoms with Crippen molar-refractivity contribution in [2.45, 2.75) is 13.0 Å². The van der Waals surface area contributed by atoms with E-state index < -0.39 is 11.8 Å². The van der Waals surface area contributed by atoms with Gasteiger partial charge in [0.2, 0.25) is 0 Å². The Balaban J connectivity index is 1.79. The zero-order valence-corrected chi connectivity index (χ0v) is 15.5. The molecule has 0 atom stereocenters. The molecule has 0 aliphatic heterocycles. The van der Waals surface area contributed by atoms with Crippen LogP contribution < -0.4 is 4.74 Å². The highest BCUT2D eigenvalue weighted by atomic mass is 35.5. The van der Waals surface area contributed by atoms with Crippen molar-refractivity contribution in [1.29, 1.82) is 0 Å². The SMILES string of the molecule is O=C(O)c1csc(Cc2cc(Cl)ccc2OCc2ccc(F)cc2Cl)n1. The van der Waals surface area contributed by atoms with Crippen LogP contribution in [0, 0.1) is 5.82 Å². The van der Waals surface area contributed by atoms with Crippen LogP contribution in [-0.2, 0) is 13.0 Å². The first-order valence-electron chi connectivity index (χ1n) is 7.45. The van der Waals surface area contributed by atoms with Crippen LogP contribution in [0.1, 0.15) is 26.6 Å². The summed E-state index contributed by atoms with van der Waals surface area (Å²) >= 11 is 13.3. The lowest BCUT2D eigenvalue weighted by molar-refractivity contribution is 0.0691. The molecule has 0 aliphatic rings. The Labute approximate surface area is 162 Å². The number of carbonyl (C=O) groups is 1. The van der Waals surface area contributed by atoms with E-state index in [4.69, 9.17) is 33.0 Å². The minimum atomic E-state index is -1.07. The molecule has 0 spiro atoms. The molecule has 1 aromatic heterocycles. The van der Waals surface area contributed by atoms with Crippen molar-refractivity contribution in [3.63, 3.8) is 0 Å². The van der Waals surface area contributed by atoms with Crippen LogP contribution >= 0.6 is 34.5 Å². The molecule has 1 N–H and O–H groups in total. The molecule has 8 heteroatoms. The third-order valence-electron chi connectivity index (χ3n) is 3.53. The van der Waals surface area contributed by atoms with Crippen molar-refractivity contribution < 1.29 is 19.0 Å². The number of ether oxygens (including phenoxy) is 1. The molecule has 0 aliphatic carbocycles. The lowest BCUT2D eigenvalue weighted by Crippen LogP contribution is -2.01. The van der Waals surface area contributed by atoms with Crippen molar-refractivity contribution >= 4 is 40.5 Å². The van der Waals surface area contributed by atoms with Crippen molar-refractivity contribution in [2.75, 3.05) is 0 Å². The van der Waals surface area contributed by atoms with E-state index in [1.54, 1.807) is 24.3 Å². The number of carboxylic acids is 1. The van der Waals surface area contributed by atoms with E-state index >= 15 is 0 Å². The predicted octanol–water partition coefficient (Wildman–Crippen LogP) is 5.46. The van der Waals surface area contributed by atoms with Gasteiger partial charge in [-0.05, 0) is 30.3 Å². The number of thiazole rings is 1. The topological polar surface area (TPSA) is 59.4 Å². The smallest absolute Gasteiger partial charge is 0.355 e. The Morgan fingerprint density at radius 2 is 2.00 bits per heavy atom. The lowest BCUT2D eigenvalue weighted by Gasteiger charge is -2.12. The van der Waals surface area contributed by atoms with E-state index in [9.17, 15) is 9.18 Å². The van der Waals surface area contributed by atoms with E-state index in [0.29, 0.717) is 27.8 Å². The van der Waals surface area contributed by atoms with Gasteiger partial charge in [-0.15, -0.1) is 11.3 Å². The van der Waals surface area contributed by atoms with E-state index in [1.807, 2.05) is 0 Å². The van der Waals surface area contributed by atoms with Crippen LogP contribution in [0.3, 0.4) is 0 Å². The minimum Gasteiger partial charge on any atom is -0.489 e. The van der Waals surface area contributed by atoms with Crippen molar-refractivity contribution in [2.24, 2.45) is 0 Å². The maximum Gasteiger partial charge on any atom is 0.355 e. The molecule has 26 heavy (non-hydrogen) atoms.